The number of fused-ring (bicyclic) bond motifs is 1. The third-order valence-corrected chi connectivity index (χ3v) is 10.7. The minimum Gasteiger partial charge on any atom is -0.497 e. The molecule has 0 fully saturated rings. The van der Waals surface area contributed by atoms with Gasteiger partial charge in [-0.15, -0.1) is 0 Å². The second-order valence-electron chi connectivity index (χ2n) is 12.9. The van der Waals surface area contributed by atoms with E-state index in [1.165, 1.54) is 24.1 Å². The molecule has 0 aromatic heterocycles. The van der Waals surface area contributed by atoms with Gasteiger partial charge in [-0.25, -0.2) is 12.8 Å². The molecule has 1 heterocycles. The zero-order valence-corrected chi connectivity index (χ0v) is 30.3. The molecule has 4 atom stereocenters. The lowest BCUT2D eigenvalue weighted by Crippen LogP contribution is -2.48. The fourth-order valence-corrected chi connectivity index (χ4v) is 6.94. The average molecular weight is 739 g/mol. The first kappa shape index (κ1) is 40.1. The number of rotatable bonds is 10. The second-order valence-corrected chi connectivity index (χ2v) is 15.0. The molecular formula is C37H46F4N2O7S. The van der Waals surface area contributed by atoms with Crippen molar-refractivity contribution in [1.82, 2.24) is 9.21 Å². The van der Waals surface area contributed by atoms with Crippen LogP contribution in [-0.4, -0.2) is 82.2 Å². The Balaban J connectivity index is 1.65. The van der Waals surface area contributed by atoms with Gasteiger partial charge in [-0.1, -0.05) is 19.1 Å². The molecule has 1 aliphatic rings. The Hall–Kier alpha value is -3.72. The summed E-state index contributed by atoms with van der Waals surface area (Å²) in [7, 11) is -1.04. The molecule has 0 saturated carbocycles. The molecule has 0 saturated heterocycles. The molecule has 9 nitrogen and oxygen atoms in total. The van der Waals surface area contributed by atoms with E-state index >= 15 is 0 Å². The number of methoxy groups -OCH3 is 1. The number of alkyl halides is 3. The highest BCUT2D eigenvalue weighted by Gasteiger charge is 2.35. The van der Waals surface area contributed by atoms with Crippen molar-refractivity contribution >= 4 is 15.9 Å². The van der Waals surface area contributed by atoms with Crippen LogP contribution in [0.5, 0.6) is 11.5 Å². The highest BCUT2D eigenvalue weighted by atomic mass is 32.2. The molecule has 0 radical (unpaired) electrons. The summed E-state index contributed by atoms with van der Waals surface area (Å²) >= 11 is 0. The van der Waals surface area contributed by atoms with Crippen LogP contribution in [0.4, 0.5) is 17.6 Å². The Labute approximate surface area is 297 Å². The largest absolute Gasteiger partial charge is 0.497 e. The van der Waals surface area contributed by atoms with Crippen molar-refractivity contribution in [3.05, 3.63) is 89.2 Å². The van der Waals surface area contributed by atoms with Gasteiger partial charge in [-0.05, 0) is 93.3 Å². The zero-order chi connectivity index (χ0) is 37.3. The van der Waals surface area contributed by atoms with E-state index < -0.39 is 57.7 Å². The molecular weight excluding hydrogens is 692 g/mol. The van der Waals surface area contributed by atoms with Crippen molar-refractivity contribution in [2.45, 2.75) is 76.0 Å². The Morgan fingerprint density at radius 2 is 1.71 bits per heavy atom. The predicted octanol–water partition coefficient (Wildman–Crippen LogP) is 7.19. The summed E-state index contributed by atoms with van der Waals surface area (Å²) in [5.41, 5.74) is -0.0957. The van der Waals surface area contributed by atoms with Crippen molar-refractivity contribution in [2.75, 3.05) is 40.5 Å². The summed E-state index contributed by atoms with van der Waals surface area (Å²) in [4.78, 5) is 15.8. The number of likely N-dealkylation sites (N-methyl/N-ethyl adjacent to an activating group) is 1. The lowest BCUT2D eigenvalue weighted by Gasteiger charge is -2.36. The van der Waals surface area contributed by atoms with Crippen molar-refractivity contribution in [2.24, 2.45) is 5.92 Å². The van der Waals surface area contributed by atoms with Crippen LogP contribution in [-0.2, 0) is 32.3 Å². The fraction of sp³-hybridized carbons (Fsp3) is 0.486. The van der Waals surface area contributed by atoms with E-state index in [2.05, 4.69) is 0 Å². The second kappa shape index (κ2) is 17.7. The first-order chi connectivity index (χ1) is 24.1. The normalized spacial score (nSPS) is 20.3. The van der Waals surface area contributed by atoms with E-state index in [0.29, 0.717) is 25.0 Å². The third kappa shape index (κ3) is 10.9. The summed E-state index contributed by atoms with van der Waals surface area (Å²) in [5.74, 6) is -1.07. The Morgan fingerprint density at radius 1 is 1.02 bits per heavy atom. The molecule has 0 aliphatic carbocycles. The number of hydrogen-bond acceptors (Lipinski definition) is 7. The zero-order valence-electron chi connectivity index (χ0n) is 29.5. The van der Waals surface area contributed by atoms with E-state index in [1.807, 2.05) is 19.1 Å². The summed E-state index contributed by atoms with van der Waals surface area (Å²) < 4.78 is 106. The minimum atomic E-state index is -4.65. The molecule has 1 amide bonds. The standard InChI is InChI=1S/C37H46F4N2O7S/c1-25-21-43(26(2)23-48-24-28-9-14-31(47-5)15-10-28)36(44)33-18-11-29(37(39,40)41)20-34(33)50-27(3)8-6-7-19-49-35(25)22-42(4)51(45,46)32-16-12-30(38)13-17-32/h9-18,20,25-27,35H,6-8,19,21-24H2,1-5H3/t25-,26+,27+,35+/m1/s1. The molecule has 280 valence electrons. The van der Waals surface area contributed by atoms with Gasteiger partial charge in [0.05, 0.1) is 54.6 Å². The first-order valence-corrected chi connectivity index (χ1v) is 18.3. The number of carbonyl (C=O) groups is 1. The molecule has 4 rings (SSSR count). The molecule has 1 aliphatic heterocycles. The van der Waals surface area contributed by atoms with Crippen LogP contribution in [0.15, 0.2) is 71.6 Å². The molecule has 14 heteroatoms. The van der Waals surface area contributed by atoms with E-state index in [4.69, 9.17) is 18.9 Å². The van der Waals surface area contributed by atoms with Crippen LogP contribution in [0.25, 0.3) is 0 Å². The lowest BCUT2D eigenvalue weighted by atomic mass is 10.0. The van der Waals surface area contributed by atoms with Crippen LogP contribution in [0.1, 0.15) is 61.5 Å². The Bertz CT molecular complexity index is 1690. The highest BCUT2D eigenvalue weighted by molar-refractivity contribution is 7.89. The lowest BCUT2D eigenvalue weighted by molar-refractivity contribution is -0.137. The van der Waals surface area contributed by atoms with Crippen LogP contribution in [0.3, 0.4) is 0 Å². The van der Waals surface area contributed by atoms with E-state index in [1.54, 1.807) is 33.1 Å². The van der Waals surface area contributed by atoms with Gasteiger partial charge < -0.3 is 23.8 Å². The maximum absolute atomic E-state index is 14.4. The average Bonchev–Trinajstić information content (AvgIpc) is 3.09. The number of carbonyl (C=O) groups excluding carboxylic acids is 1. The molecule has 0 bridgehead atoms. The predicted molar refractivity (Wildman–Crippen MR) is 184 cm³/mol. The van der Waals surface area contributed by atoms with Crippen LogP contribution < -0.4 is 9.47 Å². The van der Waals surface area contributed by atoms with Gasteiger partial charge in [0.2, 0.25) is 10.0 Å². The maximum Gasteiger partial charge on any atom is 0.416 e. The van der Waals surface area contributed by atoms with Crippen molar-refractivity contribution in [1.29, 1.82) is 0 Å². The molecule has 3 aromatic rings. The molecule has 0 N–H and O–H groups in total. The van der Waals surface area contributed by atoms with Crippen molar-refractivity contribution in [3.63, 3.8) is 0 Å². The summed E-state index contributed by atoms with van der Waals surface area (Å²) in [6.45, 7) is 5.90. The number of nitrogens with zero attached hydrogens (tertiary/aromatic N) is 2. The van der Waals surface area contributed by atoms with E-state index in [-0.39, 0.29) is 49.1 Å². The quantitative estimate of drug-likeness (QED) is 0.203. The smallest absolute Gasteiger partial charge is 0.416 e. The first-order valence-electron chi connectivity index (χ1n) is 16.8. The van der Waals surface area contributed by atoms with Gasteiger partial charge in [0.1, 0.15) is 17.3 Å². The molecule has 0 spiro atoms. The number of halogens is 4. The molecule has 51 heavy (non-hydrogen) atoms. The maximum atomic E-state index is 14.4. The Kier molecular flexibility index (Phi) is 13.9. The van der Waals surface area contributed by atoms with E-state index in [0.717, 1.165) is 40.2 Å². The number of amides is 1. The van der Waals surface area contributed by atoms with Gasteiger partial charge in [-0.2, -0.15) is 17.5 Å². The molecule has 3 aromatic carbocycles. The fourth-order valence-electron chi connectivity index (χ4n) is 5.76. The monoisotopic (exact) mass is 738 g/mol. The van der Waals surface area contributed by atoms with Gasteiger partial charge in [0.15, 0.2) is 0 Å². The number of hydrogen-bond donors (Lipinski definition) is 0. The topological polar surface area (TPSA) is 94.6 Å². The van der Waals surface area contributed by atoms with Crippen LogP contribution in [0.2, 0.25) is 0 Å². The number of ether oxygens (including phenoxy) is 4. The third-order valence-electron chi connectivity index (χ3n) is 8.86. The SMILES string of the molecule is COc1ccc(COC[C@H](C)N2C[C@@H](C)[C@H](CN(C)S(=O)(=O)c3ccc(F)cc3)OCCCC[C@H](C)Oc3cc(C(F)(F)F)ccc3C2=O)cc1. The number of sulfonamides is 1. The van der Waals surface area contributed by atoms with Crippen molar-refractivity contribution < 1.29 is 49.7 Å². The van der Waals surface area contributed by atoms with Crippen LogP contribution in [0, 0.1) is 11.7 Å². The van der Waals surface area contributed by atoms with Crippen LogP contribution >= 0.6 is 0 Å². The number of benzene rings is 3. The summed E-state index contributed by atoms with van der Waals surface area (Å²) in [5, 5.41) is 0. The van der Waals surface area contributed by atoms with Gasteiger partial charge in [0.25, 0.3) is 5.91 Å². The van der Waals surface area contributed by atoms with Crippen molar-refractivity contribution in [3.8, 4) is 11.5 Å². The van der Waals surface area contributed by atoms with Gasteiger partial charge in [0, 0.05) is 32.7 Å². The Morgan fingerprint density at radius 3 is 2.35 bits per heavy atom. The minimum absolute atomic E-state index is 0.0328. The summed E-state index contributed by atoms with van der Waals surface area (Å²) in [6.07, 6.45) is -4.17. The molecule has 0 unspecified atom stereocenters. The van der Waals surface area contributed by atoms with E-state index in [9.17, 15) is 30.8 Å². The van der Waals surface area contributed by atoms with Gasteiger partial charge in [-0.3, -0.25) is 4.79 Å². The van der Waals surface area contributed by atoms with Gasteiger partial charge >= 0.3 is 6.18 Å². The highest BCUT2D eigenvalue weighted by Crippen LogP contribution is 2.35. The summed E-state index contributed by atoms with van der Waals surface area (Å²) in [6, 6.07) is 14.1.